The van der Waals surface area contributed by atoms with Gasteiger partial charge in [-0.1, -0.05) is 0 Å². The Morgan fingerprint density at radius 2 is 1.92 bits per heavy atom. The molecule has 0 aliphatic carbocycles. The van der Waals surface area contributed by atoms with Crippen LogP contribution in [-0.4, -0.2) is 34.7 Å². The molecule has 0 radical (unpaired) electrons. The average molecular weight is 212 g/mol. The van der Waals surface area contributed by atoms with Crippen molar-refractivity contribution in [2.24, 2.45) is 0 Å². The van der Waals surface area contributed by atoms with Gasteiger partial charge in [0.05, 0.1) is 5.54 Å². The standard InChI is InChI=1S/C8H15Cl2NO/c1-7(12)11(5-4-9)8(2,3)6-10/h4-6H2,1-3H3. The number of amides is 1. The van der Waals surface area contributed by atoms with Crippen LogP contribution in [0.15, 0.2) is 0 Å². The first kappa shape index (κ1) is 12.0. The van der Waals surface area contributed by atoms with Crippen LogP contribution in [0.4, 0.5) is 0 Å². The molecule has 0 atom stereocenters. The molecule has 0 saturated carbocycles. The van der Waals surface area contributed by atoms with Gasteiger partial charge in [0.1, 0.15) is 0 Å². The molecule has 0 aromatic heterocycles. The molecule has 0 unspecified atom stereocenters. The maximum absolute atomic E-state index is 11.1. The average Bonchev–Trinajstić information content (AvgIpc) is 1.99. The summed E-state index contributed by atoms with van der Waals surface area (Å²) in [5.74, 6) is 0.880. The van der Waals surface area contributed by atoms with Gasteiger partial charge >= 0.3 is 0 Å². The number of hydrogen-bond donors (Lipinski definition) is 0. The Labute approximate surface area is 83.8 Å². The van der Waals surface area contributed by atoms with Crippen LogP contribution in [-0.2, 0) is 4.79 Å². The van der Waals surface area contributed by atoms with Crippen molar-refractivity contribution in [3.05, 3.63) is 0 Å². The second kappa shape index (κ2) is 4.93. The van der Waals surface area contributed by atoms with Gasteiger partial charge in [0, 0.05) is 25.2 Å². The normalized spacial score (nSPS) is 11.4. The number of carbonyl (C=O) groups is 1. The summed E-state index contributed by atoms with van der Waals surface area (Å²) in [7, 11) is 0. The van der Waals surface area contributed by atoms with Crippen molar-refractivity contribution >= 4 is 29.1 Å². The smallest absolute Gasteiger partial charge is 0.219 e. The highest BCUT2D eigenvalue weighted by Crippen LogP contribution is 2.16. The molecule has 1 amide bonds. The molecule has 0 N–H and O–H groups in total. The molecule has 0 aromatic rings. The van der Waals surface area contributed by atoms with E-state index in [0.717, 1.165) is 0 Å². The Balaban J connectivity index is 4.38. The molecule has 0 aromatic carbocycles. The molecule has 4 heteroatoms. The highest BCUT2D eigenvalue weighted by atomic mass is 35.5. The van der Waals surface area contributed by atoms with E-state index < -0.39 is 0 Å². The predicted molar refractivity (Wildman–Crippen MR) is 52.9 cm³/mol. The van der Waals surface area contributed by atoms with E-state index in [4.69, 9.17) is 23.2 Å². The minimum Gasteiger partial charge on any atom is -0.335 e. The van der Waals surface area contributed by atoms with Crippen LogP contribution in [0, 0.1) is 0 Å². The van der Waals surface area contributed by atoms with Crippen LogP contribution < -0.4 is 0 Å². The van der Waals surface area contributed by atoms with Crippen LogP contribution in [0.3, 0.4) is 0 Å². The summed E-state index contributed by atoms with van der Waals surface area (Å²) in [6.45, 7) is 5.93. The lowest BCUT2D eigenvalue weighted by Gasteiger charge is -2.36. The third kappa shape index (κ3) is 3.20. The summed E-state index contributed by atoms with van der Waals surface area (Å²) in [5.41, 5.74) is -0.303. The Bertz CT molecular complexity index is 159. The first-order valence-electron chi connectivity index (χ1n) is 3.86. The van der Waals surface area contributed by atoms with E-state index in [1.54, 1.807) is 4.90 Å². The summed E-state index contributed by atoms with van der Waals surface area (Å²) < 4.78 is 0. The number of rotatable bonds is 4. The van der Waals surface area contributed by atoms with Crippen molar-refractivity contribution in [2.75, 3.05) is 18.3 Å². The van der Waals surface area contributed by atoms with Gasteiger partial charge in [-0.3, -0.25) is 4.79 Å². The summed E-state index contributed by atoms with van der Waals surface area (Å²) >= 11 is 11.3. The lowest BCUT2D eigenvalue weighted by Crippen LogP contribution is -2.49. The van der Waals surface area contributed by atoms with Gasteiger partial charge in [-0.2, -0.15) is 0 Å². The molecular formula is C8H15Cl2NO. The van der Waals surface area contributed by atoms with Crippen molar-refractivity contribution in [2.45, 2.75) is 26.3 Å². The van der Waals surface area contributed by atoms with Crippen LogP contribution >= 0.6 is 23.2 Å². The number of nitrogens with zero attached hydrogens (tertiary/aromatic N) is 1. The van der Waals surface area contributed by atoms with Gasteiger partial charge < -0.3 is 4.90 Å². The number of hydrogen-bond acceptors (Lipinski definition) is 1. The molecule has 12 heavy (non-hydrogen) atoms. The maximum atomic E-state index is 11.1. The zero-order chi connectivity index (χ0) is 9.78. The van der Waals surface area contributed by atoms with Gasteiger partial charge in [-0.05, 0) is 13.8 Å². The summed E-state index contributed by atoms with van der Waals surface area (Å²) in [6.07, 6.45) is 0. The van der Waals surface area contributed by atoms with E-state index in [0.29, 0.717) is 18.3 Å². The zero-order valence-electron chi connectivity index (χ0n) is 7.73. The van der Waals surface area contributed by atoms with Crippen molar-refractivity contribution in [1.29, 1.82) is 0 Å². The zero-order valence-corrected chi connectivity index (χ0v) is 9.24. The highest BCUT2D eigenvalue weighted by molar-refractivity contribution is 6.19. The van der Waals surface area contributed by atoms with Crippen LogP contribution in [0.1, 0.15) is 20.8 Å². The molecule has 0 saturated heterocycles. The van der Waals surface area contributed by atoms with Gasteiger partial charge in [-0.15, -0.1) is 23.2 Å². The summed E-state index contributed by atoms with van der Waals surface area (Å²) in [4.78, 5) is 12.8. The van der Waals surface area contributed by atoms with Gasteiger partial charge in [0.2, 0.25) is 5.91 Å². The first-order valence-corrected chi connectivity index (χ1v) is 4.92. The fourth-order valence-corrected chi connectivity index (χ4v) is 1.36. The molecule has 0 aliphatic heterocycles. The van der Waals surface area contributed by atoms with Crippen molar-refractivity contribution in [3.8, 4) is 0 Å². The molecular weight excluding hydrogens is 197 g/mol. The fourth-order valence-electron chi connectivity index (χ4n) is 1.04. The quantitative estimate of drug-likeness (QED) is 0.653. The summed E-state index contributed by atoms with van der Waals surface area (Å²) in [6, 6.07) is 0. The predicted octanol–water partition coefficient (Wildman–Crippen LogP) is 2.09. The van der Waals surface area contributed by atoms with E-state index >= 15 is 0 Å². The van der Waals surface area contributed by atoms with Crippen LogP contribution in [0.2, 0.25) is 0 Å². The maximum Gasteiger partial charge on any atom is 0.219 e. The van der Waals surface area contributed by atoms with Gasteiger partial charge in [-0.25, -0.2) is 0 Å². The lowest BCUT2D eigenvalue weighted by atomic mass is 10.1. The van der Waals surface area contributed by atoms with Gasteiger partial charge in [0.25, 0.3) is 0 Å². The highest BCUT2D eigenvalue weighted by Gasteiger charge is 2.26. The summed E-state index contributed by atoms with van der Waals surface area (Å²) in [5, 5.41) is 0. The third-order valence-electron chi connectivity index (χ3n) is 1.75. The first-order chi connectivity index (χ1) is 5.45. The molecule has 72 valence electrons. The van der Waals surface area contributed by atoms with Crippen molar-refractivity contribution in [1.82, 2.24) is 4.90 Å². The van der Waals surface area contributed by atoms with Crippen LogP contribution in [0.25, 0.3) is 0 Å². The number of alkyl halides is 2. The molecule has 0 aliphatic rings. The van der Waals surface area contributed by atoms with Crippen molar-refractivity contribution in [3.63, 3.8) is 0 Å². The SMILES string of the molecule is CC(=O)N(CCCl)C(C)(C)CCl. The molecule has 2 nitrogen and oxygen atoms in total. The molecule has 0 rings (SSSR count). The van der Waals surface area contributed by atoms with Gasteiger partial charge in [0.15, 0.2) is 0 Å². The fraction of sp³-hybridized carbons (Fsp3) is 0.875. The Morgan fingerprint density at radius 3 is 2.17 bits per heavy atom. The van der Waals surface area contributed by atoms with Crippen molar-refractivity contribution < 1.29 is 4.79 Å². The van der Waals surface area contributed by atoms with Crippen LogP contribution in [0.5, 0.6) is 0 Å². The van der Waals surface area contributed by atoms with E-state index in [1.165, 1.54) is 6.92 Å². The van der Waals surface area contributed by atoms with E-state index in [2.05, 4.69) is 0 Å². The Kier molecular flexibility index (Phi) is 4.95. The topological polar surface area (TPSA) is 20.3 Å². The lowest BCUT2D eigenvalue weighted by molar-refractivity contribution is -0.133. The minimum absolute atomic E-state index is 0.0151. The minimum atomic E-state index is -0.303. The number of carbonyl (C=O) groups excluding carboxylic acids is 1. The monoisotopic (exact) mass is 211 g/mol. The molecule has 0 fully saturated rings. The second-order valence-corrected chi connectivity index (χ2v) is 3.95. The molecule has 0 heterocycles. The Hall–Kier alpha value is 0.0500. The molecule has 0 spiro atoms. The number of halogens is 2. The largest absolute Gasteiger partial charge is 0.335 e. The van der Waals surface area contributed by atoms with E-state index in [1.807, 2.05) is 13.8 Å². The molecule has 0 bridgehead atoms. The Morgan fingerprint density at radius 1 is 1.42 bits per heavy atom. The third-order valence-corrected chi connectivity index (χ3v) is 2.57. The second-order valence-electron chi connectivity index (χ2n) is 3.31. The van der Waals surface area contributed by atoms with E-state index in [9.17, 15) is 4.79 Å². The van der Waals surface area contributed by atoms with E-state index in [-0.39, 0.29) is 11.4 Å².